The minimum atomic E-state index is -4.91. The zero-order valence-electron chi connectivity index (χ0n) is 18.5. The van der Waals surface area contributed by atoms with Gasteiger partial charge >= 0.3 is 6.18 Å². The first-order valence-electron chi connectivity index (χ1n) is 10.4. The summed E-state index contributed by atoms with van der Waals surface area (Å²) in [6, 6.07) is 6.21. The van der Waals surface area contributed by atoms with Crippen LogP contribution in [0, 0.1) is 11.6 Å². The molecule has 0 bridgehead atoms. The summed E-state index contributed by atoms with van der Waals surface area (Å²) in [5.41, 5.74) is -1.90. The minimum absolute atomic E-state index is 0.0299. The first-order chi connectivity index (χ1) is 17.4. The Bertz CT molecular complexity index is 1470. The van der Waals surface area contributed by atoms with Gasteiger partial charge in [0.25, 0.3) is 11.8 Å². The van der Waals surface area contributed by atoms with Crippen molar-refractivity contribution in [1.29, 1.82) is 0 Å². The maximum absolute atomic E-state index is 14.0. The number of alkyl halides is 3. The normalized spacial score (nSPS) is 14.5. The molecule has 1 aliphatic rings. The zero-order chi connectivity index (χ0) is 27.1. The molecule has 37 heavy (non-hydrogen) atoms. The van der Waals surface area contributed by atoms with Crippen LogP contribution in [0.3, 0.4) is 0 Å². The van der Waals surface area contributed by atoms with Crippen molar-refractivity contribution in [2.24, 2.45) is 0 Å². The number of nitrogens with one attached hydrogen (secondary N) is 3. The lowest BCUT2D eigenvalue weighted by atomic mass is 9.95. The summed E-state index contributed by atoms with van der Waals surface area (Å²) in [5.74, 6) is -4.40. The number of halogens is 6. The third-order valence-electron chi connectivity index (χ3n) is 5.45. The van der Waals surface area contributed by atoms with Crippen molar-refractivity contribution in [1.82, 2.24) is 5.32 Å². The second-order valence-corrected chi connectivity index (χ2v) is 8.34. The van der Waals surface area contributed by atoms with Crippen LogP contribution in [0.2, 0.25) is 5.02 Å². The molecule has 3 aromatic carbocycles. The lowest BCUT2D eigenvalue weighted by Crippen LogP contribution is -2.21. The van der Waals surface area contributed by atoms with E-state index in [1.54, 1.807) is 0 Å². The summed E-state index contributed by atoms with van der Waals surface area (Å²) in [6.45, 7) is 3.32. The third kappa shape index (κ3) is 5.31. The van der Waals surface area contributed by atoms with Gasteiger partial charge in [0.15, 0.2) is 0 Å². The Morgan fingerprint density at radius 2 is 1.73 bits per heavy atom. The zero-order valence-corrected chi connectivity index (χ0v) is 19.2. The molecular weight excluding hydrogens is 521 g/mol. The van der Waals surface area contributed by atoms with Crippen molar-refractivity contribution in [2.45, 2.75) is 12.2 Å². The van der Waals surface area contributed by atoms with Gasteiger partial charge in [-0.3, -0.25) is 14.4 Å². The standard InChI is InChI=1S/C25H15ClF5N3O3/c1-2-20(35)32-15-9-17-21(22(34-24(17)37)16-8-13(27)3-4-18(16)26)19(10-15)33-23(36)11-5-12(25(29,30)31)7-14(28)6-11/h2-10,22H,1H2,(H,32,35)(H,33,36)(H,34,37). The van der Waals surface area contributed by atoms with Gasteiger partial charge in [-0.1, -0.05) is 18.2 Å². The monoisotopic (exact) mass is 535 g/mol. The Labute approximate surface area is 211 Å². The van der Waals surface area contributed by atoms with Gasteiger partial charge in [0, 0.05) is 38.7 Å². The smallest absolute Gasteiger partial charge is 0.341 e. The van der Waals surface area contributed by atoms with E-state index in [1.807, 2.05) is 0 Å². The molecule has 0 radical (unpaired) electrons. The van der Waals surface area contributed by atoms with Crippen LogP contribution in [0.15, 0.2) is 61.2 Å². The fourth-order valence-electron chi connectivity index (χ4n) is 3.85. The average molecular weight is 536 g/mol. The van der Waals surface area contributed by atoms with Crippen LogP contribution in [0.5, 0.6) is 0 Å². The van der Waals surface area contributed by atoms with Crippen LogP contribution in [-0.2, 0) is 11.0 Å². The van der Waals surface area contributed by atoms with Gasteiger partial charge < -0.3 is 16.0 Å². The Kier molecular flexibility index (Phi) is 6.74. The number of rotatable bonds is 5. The molecule has 0 aliphatic carbocycles. The number of amides is 3. The Balaban J connectivity index is 1.84. The van der Waals surface area contributed by atoms with Gasteiger partial charge in [-0.15, -0.1) is 0 Å². The van der Waals surface area contributed by atoms with Gasteiger partial charge in [0.2, 0.25) is 5.91 Å². The van der Waals surface area contributed by atoms with Gasteiger partial charge in [0.1, 0.15) is 11.6 Å². The van der Waals surface area contributed by atoms with Crippen LogP contribution >= 0.6 is 11.6 Å². The van der Waals surface area contributed by atoms with Gasteiger partial charge in [-0.25, -0.2) is 8.78 Å². The molecule has 3 N–H and O–H groups in total. The van der Waals surface area contributed by atoms with Crippen LogP contribution in [0.1, 0.15) is 43.4 Å². The van der Waals surface area contributed by atoms with Crippen molar-refractivity contribution >= 4 is 40.7 Å². The van der Waals surface area contributed by atoms with Gasteiger partial charge in [0.05, 0.1) is 11.6 Å². The van der Waals surface area contributed by atoms with Crippen molar-refractivity contribution in [2.75, 3.05) is 10.6 Å². The molecule has 0 saturated heterocycles. The quantitative estimate of drug-likeness (QED) is 0.283. The molecule has 4 rings (SSSR count). The summed E-state index contributed by atoms with van der Waals surface area (Å²) in [4.78, 5) is 37.6. The molecule has 12 heteroatoms. The fourth-order valence-corrected chi connectivity index (χ4v) is 4.08. The maximum atomic E-state index is 14.0. The number of benzene rings is 3. The molecule has 1 aliphatic heterocycles. The average Bonchev–Trinajstić information content (AvgIpc) is 3.16. The highest BCUT2D eigenvalue weighted by molar-refractivity contribution is 6.31. The molecule has 1 atom stereocenters. The van der Waals surface area contributed by atoms with Crippen LogP contribution < -0.4 is 16.0 Å². The molecule has 0 spiro atoms. The van der Waals surface area contributed by atoms with E-state index in [-0.39, 0.29) is 39.2 Å². The fraction of sp³-hybridized carbons (Fsp3) is 0.0800. The highest BCUT2D eigenvalue weighted by Crippen LogP contribution is 2.41. The molecule has 0 saturated carbocycles. The number of hydrogen-bond acceptors (Lipinski definition) is 3. The molecule has 0 fully saturated rings. The summed E-state index contributed by atoms with van der Waals surface area (Å²) >= 11 is 6.22. The summed E-state index contributed by atoms with van der Waals surface area (Å²) in [7, 11) is 0. The van der Waals surface area contributed by atoms with E-state index >= 15 is 0 Å². The summed E-state index contributed by atoms with van der Waals surface area (Å²) in [6.07, 6.45) is -3.96. The maximum Gasteiger partial charge on any atom is 0.416 e. The molecule has 3 aromatic rings. The molecule has 1 unspecified atom stereocenters. The largest absolute Gasteiger partial charge is 0.416 e. The number of hydrogen-bond donors (Lipinski definition) is 3. The van der Waals surface area contributed by atoms with E-state index in [0.717, 1.165) is 18.2 Å². The Morgan fingerprint density at radius 1 is 1.00 bits per heavy atom. The van der Waals surface area contributed by atoms with E-state index in [4.69, 9.17) is 11.6 Å². The number of fused-ring (bicyclic) bond motifs is 1. The Morgan fingerprint density at radius 3 is 2.41 bits per heavy atom. The first-order valence-corrected chi connectivity index (χ1v) is 10.8. The van der Waals surface area contributed by atoms with Gasteiger partial charge in [-0.05, 0) is 54.6 Å². The van der Waals surface area contributed by atoms with Crippen LogP contribution in [0.4, 0.5) is 33.3 Å². The molecule has 1 heterocycles. The SMILES string of the molecule is C=CC(=O)Nc1cc(NC(=O)c2cc(F)cc(C(F)(F)F)c2)c2c(c1)C(=O)NC2c1cc(F)ccc1Cl. The van der Waals surface area contributed by atoms with Crippen molar-refractivity contribution in [3.8, 4) is 0 Å². The molecular formula is C25H15ClF5N3O3. The minimum Gasteiger partial charge on any atom is -0.341 e. The second-order valence-electron chi connectivity index (χ2n) is 7.93. The van der Waals surface area contributed by atoms with Crippen molar-refractivity contribution < 1.29 is 36.3 Å². The van der Waals surface area contributed by atoms with E-state index < -0.39 is 52.7 Å². The first kappa shape index (κ1) is 25.8. The van der Waals surface area contributed by atoms with E-state index in [2.05, 4.69) is 22.5 Å². The number of carbonyl (C=O) groups excluding carboxylic acids is 3. The molecule has 6 nitrogen and oxygen atoms in total. The summed E-state index contributed by atoms with van der Waals surface area (Å²) in [5, 5.41) is 7.49. The highest BCUT2D eigenvalue weighted by Gasteiger charge is 2.36. The topological polar surface area (TPSA) is 87.3 Å². The van der Waals surface area contributed by atoms with E-state index in [0.29, 0.717) is 12.1 Å². The predicted molar refractivity (Wildman–Crippen MR) is 125 cm³/mol. The highest BCUT2D eigenvalue weighted by atomic mass is 35.5. The van der Waals surface area contributed by atoms with Gasteiger partial charge in [-0.2, -0.15) is 13.2 Å². The molecule has 0 aromatic heterocycles. The lowest BCUT2D eigenvalue weighted by molar-refractivity contribution is -0.137. The predicted octanol–water partition coefficient (Wildman–Crippen LogP) is 5.85. The number of carbonyl (C=O) groups is 3. The second kappa shape index (κ2) is 9.66. The lowest BCUT2D eigenvalue weighted by Gasteiger charge is -2.19. The van der Waals surface area contributed by atoms with Crippen LogP contribution in [-0.4, -0.2) is 17.7 Å². The third-order valence-corrected chi connectivity index (χ3v) is 5.79. The molecule has 190 valence electrons. The molecule has 3 amide bonds. The summed E-state index contributed by atoms with van der Waals surface area (Å²) < 4.78 is 67.3. The Hall–Kier alpha value is -4.25. The number of anilines is 2. The van der Waals surface area contributed by atoms with Crippen molar-refractivity contribution in [3.05, 3.63) is 106 Å². The van der Waals surface area contributed by atoms with Crippen molar-refractivity contribution in [3.63, 3.8) is 0 Å². The van der Waals surface area contributed by atoms with Crippen LogP contribution in [0.25, 0.3) is 0 Å². The van der Waals surface area contributed by atoms with E-state index in [1.165, 1.54) is 18.2 Å². The van der Waals surface area contributed by atoms with E-state index in [9.17, 15) is 36.3 Å².